The van der Waals surface area contributed by atoms with Gasteiger partial charge in [0, 0.05) is 37.8 Å². The molecular weight excluding hydrogens is 292 g/mol. The van der Waals surface area contributed by atoms with Gasteiger partial charge in [0.15, 0.2) is 5.84 Å². The van der Waals surface area contributed by atoms with E-state index in [0.29, 0.717) is 23.8 Å². The molecule has 8 nitrogen and oxygen atoms in total. The molecule has 114 valence electrons. The first kappa shape index (κ1) is 16.9. The molecule has 0 aromatic carbocycles. The van der Waals surface area contributed by atoms with E-state index in [1.54, 1.807) is 25.4 Å². The van der Waals surface area contributed by atoms with E-state index >= 15 is 0 Å². The molecule has 1 aromatic heterocycles. The number of nitrogen functional groups attached to an aromatic ring is 1. The van der Waals surface area contributed by atoms with Gasteiger partial charge in [-0.1, -0.05) is 0 Å². The van der Waals surface area contributed by atoms with Crippen molar-refractivity contribution in [3.05, 3.63) is 23.9 Å². The Bertz CT molecular complexity index is 518. The number of hydrogen-bond donors (Lipinski definition) is 3. The van der Waals surface area contributed by atoms with Crippen LogP contribution in [0.5, 0.6) is 0 Å². The van der Waals surface area contributed by atoms with Crippen molar-refractivity contribution in [2.24, 2.45) is 10.1 Å². The summed E-state index contributed by atoms with van der Waals surface area (Å²) in [4.78, 5) is 8.40. The molecule has 21 heavy (non-hydrogen) atoms. The number of aromatic nitrogens is 1. The summed E-state index contributed by atoms with van der Waals surface area (Å²) in [6.45, 7) is 5.74. The van der Waals surface area contributed by atoms with Gasteiger partial charge >= 0.3 is 0 Å². The summed E-state index contributed by atoms with van der Waals surface area (Å²) in [5.74, 6) is 0.661. The van der Waals surface area contributed by atoms with Gasteiger partial charge in [-0.3, -0.25) is 10.4 Å². The second-order valence-electron chi connectivity index (χ2n) is 4.24. The van der Waals surface area contributed by atoms with E-state index in [2.05, 4.69) is 27.2 Å². The molecule has 0 saturated heterocycles. The Labute approximate surface area is 128 Å². The van der Waals surface area contributed by atoms with Gasteiger partial charge in [0.1, 0.15) is 12.2 Å². The number of pyridine rings is 1. The number of hydrazone groups is 1. The van der Waals surface area contributed by atoms with Crippen LogP contribution in [0.4, 0.5) is 5.82 Å². The number of hydrazine groups is 1. The van der Waals surface area contributed by atoms with Crippen LogP contribution in [-0.2, 0) is 0 Å². The highest BCUT2D eigenvalue weighted by Crippen LogP contribution is 2.13. The minimum absolute atomic E-state index is 0.0100. The maximum absolute atomic E-state index is 7.27. The van der Waals surface area contributed by atoms with E-state index < -0.39 is 0 Å². The monoisotopic (exact) mass is 310 g/mol. The topological polar surface area (TPSA) is 106 Å². The molecule has 0 bridgehead atoms. The molecule has 9 heteroatoms. The Morgan fingerprint density at radius 2 is 2.43 bits per heavy atom. The van der Waals surface area contributed by atoms with Crippen LogP contribution in [0.15, 0.2) is 28.4 Å². The predicted octanol–water partition coefficient (Wildman–Crippen LogP) is 0.914. The quantitative estimate of drug-likeness (QED) is 0.300. The maximum atomic E-state index is 7.27. The number of nitrogens with two attached hydrogens (primary N) is 1. The first-order chi connectivity index (χ1) is 9.99. The third-order valence-corrected chi connectivity index (χ3v) is 2.79. The molecule has 4 N–H and O–H groups in total. The number of anilines is 1. The Morgan fingerprint density at radius 1 is 1.71 bits per heavy atom. The zero-order chi connectivity index (χ0) is 15.8. The molecule has 0 spiro atoms. The van der Waals surface area contributed by atoms with Gasteiger partial charge in [-0.05, 0) is 19.1 Å². The van der Waals surface area contributed by atoms with Gasteiger partial charge in [-0.25, -0.2) is 19.9 Å². The third kappa shape index (κ3) is 5.01. The second kappa shape index (κ2) is 8.18. The van der Waals surface area contributed by atoms with E-state index in [-0.39, 0.29) is 6.04 Å². The number of aliphatic imine (C=N–C) groups is 1. The predicted molar refractivity (Wildman–Crippen MR) is 86.4 cm³/mol. The molecule has 1 atom stereocenters. The molecule has 0 aliphatic heterocycles. The van der Waals surface area contributed by atoms with Crippen LogP contribution < -0.4 is 11.2 Å². The summed E-state index contributed by atoms with van der Waals surface area (Å²) in [5, 5.41) is 12.5. The number of nitrogens with one attached hydrogen (secondary N) is 2. The van der Waals surface area contributed by atoms with E-state index in [4.69, 9.17) is 22.9 Å². The van der Waals surface area contributed by atoms with Crippen molar-refractivity contribution >= 4 is 36.5 Å². The molecule has 1 heterocycles. The third-order valence-electron chi connectivity index (χ3n) is 2.53. The van der Waals surface area contributed by atoms with Crippen LogP contribution in [0.2, 0.25) is 0 Å². The summed E-state index contributed by atoms with van der Waals surface area (Å²) in [6, 6.07) is 3.46. The van der Waals surface area contributed by atoms with Gasteiger partial charge < -0.3 is 5.73 Å². The van der Waals surface area contributed by atoms with Crippen LogP contribution in [0.1, 0.15) is 12.5 Å². The Kier molecular flexibility index (Phi) is 6.57. The van der Waals surface area contributed by atoms with Crippen molar-refractivity contribution in [1.82, 2.24) is 19.9 Å². The summed E-state index contributed by atoms with van der Waals surface area (Å²) in [6.07, 6.45) is 2.52. The number of amidine groups is 1. The molecule has 1 unspecified atom stereocenters. The Morgan fingerprint density at radius 3 is 3.00 bits per heavy atom. The number of halogens is 1. The Hall–Kier alpha value is -2.19. The molecule has 1 rings (SSSR count). The lowest BCUT2D eigenvalue weighted by Gasteiger charge is -2.20. The minimum atomic E-state index is -0.0100. The molecule has 0 aliphatic carbocycles. The van der Waals surface area contributed by atoms with Crippen molar-refractivity contribution in [2.45, 2.75) is 13.0 Å². The zero-order valence-electron chi connectivity index (χ0n) is 12.0. The number of hydrogen-bond acceptors (Lipinski definition) is 7. The van der Waals surface area contributed by atoms with Crippen LogP contribution in [0.25, 0.3) is 0 Å². The molecule has 0 saturated carbocycles. The molecule has 0 fully saturated rings. The highest BCUT2D eigenvalue weighted by Gasteiger charge is 2.14. The zero-order valence-corrected chi connectivity index (χ0v) is 12.7. The fraction of sp³-hybridized carbons (Fsp3) is 0.333. The largest absolute Gasteiger partial charge is 0.383 e. The SMILES string of the molecule is C=NN(C)NC(C)CN=C(c1cccnc1N)N(Cl)C=N. The van der Waals surface area contributed by atoms with E-state index in [9.17, 15) is 0 Å². The average molecular weight is 311 g/mol. The van der Waals surface area contributed by atoms with Gasteiger partial charge in [-0.2, -0.15) is 5.10 Å². The second-order valence-corrected chi connectivity index (χ2v) is 4.60. The van der Waals surface area contributed by atoms with Crippen molar-refractivity contribution in [1.29, 1.82) is 5.41 Å². The van der Waals surface area contributed by atoms with Crippen LogP contribution >= 0.6 is 11.8 Å². The average Bonchev–Trinajstić information content (AvgIpc) is 2.48. The number of rotatable bonds is 7. The van der Waals surface area contributed by atoms with Crippen molar-refractivity contribution in [3.63, 3.8) is 0 Å². The van der Waals surface area contributed by atoms with Crippen LogP contribution in [0.3, 0.4) is 0 Å². The van der Waals surface area contributed by atoms with Crippen LogP contribution in [-0.4, -0.2) is 53.0 Å². The minimum Gasteiger partial charge on any atom is -0.383 e. The lowest BCUT2D eigenvalue weighted by atomic mass is 10.2. The number of nitrogens with zero attached hydrogens (tertiary/aromatic N) is 5. The molecular formula is C12H19ClN8. The maximum Gasteiger partial charge on any atom is 0.155 e. The standard InChI is InChI=1S/C12H19ClN8/c1-9(19-20(3)16-2)7-18-12(21(13)8-14)10-5-4-6-17-11(10)15/h4-6,8-9,14,19H,2,7H2,1,3H3,(H2,15,17). The fourth-order valence-electron chi connectivity index (χ4n) is 1.56. The van der Waals surface area contributed by atoms with Gasteiger partial charge in [0.25, 0.3) is 0 Å². The first-order valence-electron chi connectivity index (χ1n) is 6.17. The van der Waals surface area contributed by atoms with E-state index in [0.717, 1.165) is 10.8 Å². The Balaban J connectivity index is 2.93. The summed E-state index contributed by atoms with van der Waals surface area (Å²) < 4.78 is 1.07. The lowest BCUT2D eigenvalue weighted by Crippen LogP contribution is -2.39. The van der Waals surface area contributed by atoms with Crippen molar-refractivity contribution in [3.8, 4) is 0 Å². The lowest BCUT2D eigenvalue weighted by molar-refractivity contribution is 0.218. The van der Waals surface area contributed by atoms with Crippen LogP contribution in [0, 0.1) is 5.41 Å². The van der Waals surface area contributed by atoms with Crippen molar-refractivity contribution in [2.75, 3.05) is 19.3 Å². The first-order valence-corrected chi connectivity index (χ1v) is 6.50. The summed E-state index contributed by atoms with van der Waals surface area (Å²) in [7, 11) is 1.73. The highest BCUT2D eigenvalue weighted by atomic mass is 35.5. The summed E-state index contributed by atoms with van der Waals surface area (Å²) in [5.41, 5.74) is 9.43. The fourth-order valence-corrected chi connectivity index (χ4v) is 1.70. The van der Waals surface area contributed by atoms with Crippen molar-refractivity contribution < 1.29 is 0 Å². The smallest absolute Gasteiger partial charge is 0.155 e. The van der Waals surface area contributed by atoms with Gasteiger partial charge in [0.2, 0.25) is 0 Å². The summed E-state index contributed by atoms with van der Waals surface area (Å²) >= 11 is 5.97. The van der Waals surface area contributed by atoms with Gasteiger partial charge in [0.05, 0.1) is 12.1 Å². The van der Waals surface area contributed by atoms with E-state index in [1.165, 1.54) is 5.12 Å². The molecule has 1 aromatic rings. The molecule has 0 radical (unpaired) electrons. The van der Waals surface area contributed by atoms with E-state index in [1.807, 2.05) is 6.92 Å². The highest BCUT2D eigenvalue weighted by molar-refractivity contribution is 6.31. The molecule has 0 aliphatic rings. The van der Waals surface area contributed by atoms with Gasteiger partial charge in [-0.15, -0.1) is 0 Å². The molecule has 0 amide bonds. The normalized spacial score (nSPS) is 12.6.